The molecule has 0 aliphatic carbocycles. The summed E-state index contributed by atoms with van der Waals surface area (Å²) in [4.78, 5) is 26.7. The Morgan fingerprint density at radius 3 is 2.73 bits per heavy atom. The fourth-order valence-electron chi connectivity index (χ4n) is 3.84. The highest BCUT2D eigenvalue weighted by atomic mass is 35.5. The third-order valence-corrected chi connectivity index (χ3v) is 6.34. The average molecular weight is 471 g/mol. The first kappa shape index (κ1) is 23.3. The second kappa shape index (κ2) is 10.4. The van der Waals surface area contributed by atoms with Crippen LogP contribution in [0.25, 0.3) is 22.6 Å². The summed E-state index contributed by atoms with van der Waals surface area (Å²) >= 11 is 6.50. The van der Waals surface area contributed by atoms with Gasteiger partial charge in [0.2, 0.25) is 0 Å². The van der Waals surface area contributed by atoms with Crippen molar-refractivity contribution in [3.05, 3.63) is 35.5 Å². The fourth-order valence-corrected chi connectivity index (χ4v) is 4.04. The lowest BCUT2D eigenvalue weighted by molar-refractivity contribution is -0.123. The number of piperidine rings is 1. The zero-order chi connectivity index (χ0) is 23.4. The van der Waals surface area contributed by atoms with Gasteiger partial charge in [-0.1, -0.05) is 18.5 Å². The van der Waals surface area contributed by atoms with Crippen LogP contribution in [0, 0.1) is 0 Å². The van der Waals surface area contributed by atoms with Crippen LogP contribution in [0.4, 0.5) is 5.69 Å². The van der Waals surface area contributed by atoms with Crippen molar-refractivity contribution in [1.82, 2.24) is 25.2 Å². The van der Waals surface area contributed by atoms with Crippen molar-refractivity contribution in [2.45, 2.75) is 45.2 Å². The molecule has 33 heavy (non-hydrogen) atoms. The summed E-state index contributed by atoms with van der Waals surface area (Å²) in [6.07, 6.45) is 4.66. The van der Waals surface area contributed by atoms with Gasteiger partial charge in [0.1, 0.15) is 17.1 Å². The largest absolute Gasteiger partial charge is 0.484 e. The van der Waals surface area contributed by atoms with E-state index in [1.807, 2.05) is 38.1 Å². The van der Waals surface area contributed by atoms with Crippen molar-refractivity contribution in [2.24, 2.45) is 0 Å². The lowest BCUT2D eigenvalue weighted by atomic mass is 10.1. The van der Waals surface area contributed by atoms with Crippen molar-refractivity contribution in [3.8, 4) is 17.1 Å². The summed E-state index contributed by atoms with van der Waals surface area (Å²) in [5.41, 5.74) is 3.17. The molecule has 0 spiro atoms. The number of nitrogens with zero attached hydrogens (tertiary/aromatic N) is 3. The molecule has 3 heterocycles. The summed E-state index contributed by atoms with van der Waals surface area (Å²) in [6, 6.07) is 7.98. The molecule has 1 aliphatic rings. The Kier molecular flexibility index (Phi) is 7.35. The molecule has 9 heteroatoms. The summed E-state index contributed by atoms with van der Waals surface area (Å²) in [5, 5.41) is 7.07. The normalized spacial score (nSPS) is 16.0. The number of fused-ring (bicyclic) bond motifs is 1. The molecule has 0 saturated carbocycles. The van der Waals surface area contributed by atoms with E-state index in [4.69, 9.17) is 16.3 Å². The lowest BCUT2D eigenvalue weighted by Crippen LogP contribution is -2.36. The number of hydrogen-bond donors (Lipinski definition) is 3. The standard InChI is InChI=1S/C24H31ClN6O2/c1-4-15(2)27-20(32)14-33-18-7-5-16(6-8-18)23-29-22-21(19(25)13-26-24(22)30-23)28-17-9-11-31(3)12-10-17/h5-8,13,15,17H,4,9-12,14H2,1-3H3,(H,27,32)(H2,26,28,29,30). The number of carbonyl (C=O) groups excluding carboxylic acids is 1. The second-order valence-electron chi connectivity index (χ2n) is 8.68. The number of hydrogen-bond acceptors (Lipinski definition) is 6. The van der Waals surface area contributed by atoms with E-state index in [2.05, 4.69) is 37.5 Å². The smallest absolute Gasteiger partial charge is 0.258 e. The van der Waals surface area contributed by atoms with E-state index in [9.17, 15) is 4.79 Å². The van der Waals surface area contributed by atoms with Crippen LogP contribution in [0.2, 0.25) is 5.02 Å². The zero-order valence-corrected chi connectivity index (χ0v) is 20.1. The number of H-pyrrole nitrogens is 1. The molecule has 3 N–H and O–H groups in total. The average Bonchev–Trinajstić information content (AvgIpc) is 3.26. The van der Waals surface area contributed by atoms with E-state index in [1.54, 1.807) is 6.20 Å². The Morgan fingerprint density at radius 2 is 2.03 bits per heavy atom. The van der Waals surface area contributed by atoms with Crippen molar-refractivity contribution < 1.29 is 9.53 Å². The summed E-state index contributed by atoms with van der Waals surface area (Å²) < 4.78 is 5.60. The van der Waals surface area contributed by atoms with Crippen LogP contribution >= 0.6 is 11.6 Å². The number of rotatable bonds is 8. The maximum atomic E-state index is 11.9. The molecule has 1 unspecified atom stereocenters. The predicted octanol–water partition coefficient (Wildman–Crippen LogP) is 4.08. The van der Waals surface area contributed by atoms with Gasteiger partial charge < -0.3 is 25.3 Å². The van der Waals surface area contributed by atoms with Crippen LogP contribution < -0.4 is 15.4 Å². The maximum absolute atomic E-state index is 11.9. The second-order valence-corrected chi connectivity index (χ2v) is 9.08. The number of carbonyl (C=O) groups is 1. The topological polar surface area (TPSA) is 95.2 Å². The van der Waals surface area contributed by atoms with Crippen LogP contribution in [-0.4, -0.2) is 64.6 Å². The Balaban J connectivity index is 1.47. The highest BCUT2D eigenvalue weighted by Gasteiger charge is 2.20. The number of pyridine rings is 1. The predicted molar refractivity (Wildman–Crippen MR) is 132 cm³/mol. The molecule has 1 amide bonds. The van der Waals surface area contributed by atoms with Crippen LogP contribution in [0.3, 0.4) is 0 Å². The number of benzene rings is 1. The molecule has 8 nitrogen and oxygen atoms in total. The van der Waals surface area contributed by atoms with Crippen LogP contribution in [0.15, 0.2) is 30.5 Å². The number of aromatic nitrogens is 3. The molecular weight excluding hydrogens is 440 g/mol. The highest BCUT2D eigenvalue weighted by molar-refractivity contribution is 6.34. The van der Waals surface area contributed by atoms with E-state index < -0.39 is 0 Å². The summed E-state index contributed by atoms with van der Waals surface area (Å²) in [5.74, 6) is 1.20. The van der Waals surface area contributed by atoms with E-state index in [0.717, 1.165) is 49.1 Å². The molecule has 176 valence electrons. The molecule has 1 atom stereocenters. The monoisotopic (exact) mass is 470 g/mol. The molecule has 0 bridgehead atoms. The maximum Gasteiger partial charge on any atom is 0.258 e. The number of amides is 1. The highest BCUT2D eigenvalue weighted by Crippen LogP contribution is 2.32. The molecule has 0 radical (unpaired) electrons. The Hall–Kier alpha value is -2.84. The first-order valence-electron chi connectivity index (χ1n) is 11.4. The SMILES string of the molecule is CCC(C)NC(=O)COc1ccc(-c2nc3ncc(Cl)c(NC4CCN(C)CC4)c3[nH]2)cc1. The number of aromatic amines is 1. The van der Waals surface area contributed by atoms with Gasteiger partial charge in [-0.15, -0.1) is 0 Å². The minimum atomic E-state index is -0.127. The molecule has 1 fully saturated rings. The first-order chi connectivity index (χ1) is 15.9. The zero-order valence-electron chi connectivity index (χ0n) is 19.3. The molecule has 2 aromatic heterocycles. The number of imidazole rings is 1. The number of likely N-dealkylation sites (tertiary alicyclic amines) is 1. The quantitative estimate of drug-likeness (QED) is 0.459. The van der Waals surface area contributed by atoms with Gasteiger partial charge >= 0.3 is 0 Å². The minimum Gasteiger partial charge on any atom is -0.484 e. The molecule has 1 aliphatic heterocycles. The van der Waals surface area contributed by atoms with Gasteiger partial charge in [0.15, 0.2) is 12.3 Å². The van der Waals surface area contributed by atoms with Gasteiger partial charge in [0.05, 0.1) is 16.9 Å². The molecule has 4 rings (SSSR count). The minimum absolute atomic E-state index is 0.0112. The molecule has 1 aromatic carbocycles. The van der Waals surface area contributed by atoms with E-state index in [0.29, 0.717) is 28.3 Å². The van der Waals surface area contributed by atoms with E-state index in [-0.39, 0.29) is 18.6 Å². The van der Waals surface area contributed by atoms with Crippen LogP contribution in [0.1, 0.15) is 33.1 Å². The van der Waals surface area contributed by atoms with Crippen molar-refractivity contribution in [2.75, 3.05) is 32.1 Å². The lowest BCUT2D eigenvalue weighted by Gasteiger charge is -2.30. The van der Waals surface area contributed by atoms with Gasteiger partial charge in [-0.2, -0.15) is 0 Å². The van der Waals surface area contributed by atoms with Gasteiger partial charge in [0.25, 0.3) is 5.91 Å². The molecule has 1 saturated heterocycles. The van der Waals surface area contributed by atoms with Crippen molar-refractivity contribution >= 4 is 34.4 Å². The van der Waals surface area contributed by atoms with E-state index >= 15 is 0 Å². The van der Waals surface area contributed by atoms with Crippen molar-refractivity contribution in [1.29, 1.82) is 0 Å². The Labute approximate surface area is 199 Å². The van der Waals surface area contributed by atoms with Crippen molar-refractivity contribution in [3.63, 3.8) is 0 Å². The number of ether oxygens (including phenoxy) is 1. The van der Waals surface area contributed by atoms with Crippen LogP contribution in [-0.2, 0) is 4.79 Å². The van der Waals surface area contributed by atoms with Crippen LogP contribution in [0.5, 0.6) is 5.75 Å². The third kappa shape index (κ3) is 5.75. The number of halogens is 1. The van der Waals surface area contributed by atoms with Gasteiger partial charge in [0, 0.05) is 17.6 Å². The first-order valence-corrected chi connectivity index (χ1v) is 11.8. The number of nitrogens with one attached hydrogen (secondary N) is 3. The number of anilines is 1. The Morgan fingerprint density at radius 1 is 1.30 bits per heavy atom. The Bertz CT molecular complexity index is 1090. The third-order valence-electron chi connectivity index (χ3n) is 6.06. The summed E-state index contributed by atoms with van der Waals surface area (Å²) in [7, 11) is 2.15. The van der Waals surface area contributed by atoms with Gasteiger partial charge in [-0.3, -0.25) is 4.79 Å². The molecule has 3 aromatic rings. The van der Waals surface area contributed by atoms with E-state index in [1.165, 1.54) is 0 Å². The van der Waals surface area contributed by atoms with Gasteiger partial charge in [-0.25, -0.2) is 9.97 Å². The summed E-state index contributed by atoms with van der Waals surface area (Å²) in [6.45, 7) is 6.11. The fraction of sp³-hybridized carbons (Fsp3) is 0.458. The molecular formula is C24H31ClN6O2. The van der Waals surface area contributed by atoms with Gasteiger partial charge in [-0.05, 0) is 70.6 Å².